The first-order valence-corrected chi connectivity index (χ1v) is 5.50. The Kier molecular flexibility index (Phi) is 3.88. The van der Waals surface area contributed by atoms with Crippen LogP contribution >= 0.6 is 0 Å². The van der Waals surface area contributed by atoms with Crippen molar-refractivity contribution in [3.63, 3.8) is 0 Å². The summed E-state index contributed by atoms with van der Waals surface area (Å²) >= 11 is 0. The Hall–Kier alpha value is -1.95. The molecule has 2 N–H and O–H groups in total. The summed E-state index contributed by atoms with van der Waals surface area (Å²) in [6.45, 7) is 0.299. The zero-order valence-corrected chi connectivity index (χ0v) is 9.55. The number of anilines is 1. The lowest BCUT2D eigenvalue weighted by atomic mass is 10.2. The van der Waals surface area contributed by atoms with Gasteiger partial charge >= 0.3 is 0 Å². The number of benzene rings is 1. The molecule has 1 aromatic carbocycles. The van der Waals surface area contributed by atoms with Crippen molar-refractivity contribution in [1.29, 1.82) is 0 Å². The summed E-state index contributed by atoms with van der Waals surface area (Å²) in [5.41, 5.74) is -0.225. The predicted molar refractivity (Wildman–Crippen MR) is 63.1 cm³/mol. The molecule has 1 atom stereocenters. The van der Waals surface area contributed by atoms with Gasteiger partial charge in [0.15, 0.2) is 0 Å². The molecule has 0 fully saturated rings. The molecule has 0 spiro atoms. The van der Waals surface area contributed by atoms with E-state index < -0.39 is 17.7 Å². The Bertz CT molecular complexity index is 482. The van der Waals surface area contributed by atoms with E-state index in [1.54, 1.807) is 23.1 Å². The number of aliphatic hydroxyl groups is 1. The maximum atomic E-state index is 13.3. The molecule has 6 heteroatoms. The van der Waals surface area contributed by atoms with E-state index in [1.807, 2.05) is 0 Å². The van der Waals surface area contributed by atoms with Gasteiger partial charge in [-0.15, -0.1) is 0 Å². The predicted octanol–water partition coefficient (Wildman–Crippen LogP) is 1.63. The number of para-hydroxylation sites is 1. The molecule has 0 amide bonds. The van der Waals surface area contributed by atoms with Gasteiger partial charge in [-0.05, 0) is 18.2 Å². The number of nitrogens with one attached hydrogen (secondary N) is 1. The lowest BCUT2D eigenvalue weighted by Crippen LogP contribution is -2.25. The summed E-state index contributed by atoms with van der Waals surface area (Å²) in [5.74, 6) is -1.36. The first kappa shape index (κ1) is 12.5. The minimum absolute atomic E-state index is 0.0394. The van der Waals surface area contributed by atoms with Crippen molar-refractivity contribution >= 4 is 5.69 Å². The molecular formula is C12H13F2N3O. The van der Waals surface area contributed by atoms with Gasteiger partial charge in [-0.25, -0.2) is 8.78 Å². The molecule has 0 aliphatic rings. The number of hydrogen-bond donors (Lipinski definition) is 2. The van der Waals surface area contributed by atoms with E-state index in [1.165, 1.54) is 6.07 Å². The Morgan fingerprint density at radius 3 is 2.61 bits per heavy atom. The van der Waals surface area contributed by atoms with Crippen molar-refractivity contribution in [2.45, 2.75) is 12.6 Å². The maximum absolute atomic E-state index is 13.3. The van der Waals surface area contributed by atoms with Crippen LogP contribution in [0.15, 0.2) is 36.7 Å². The topological polar surface area (TPSA) is 50.1 Å². The molecule has 0 bridgehead atoms. The second-order valence-corrected chi connectivity index (χ2v) is 3.86. The minimum Gasteiger partial charge on any atom is -0.389 e. The van der Waals surface area contributed by atoms with Gasteiger partial charge in [0.2, 0.25) is 0 Å². The van der Waals surface area contributed by atoms with Crippen molar-refractivity contribution in [1.82, 2.24) is 9.78 Å². The molecule has 2 aromatic rings. The fourth-order valence-corrected chi connectivity index (χ4v) is 1.58. The summed E-state index contributed by atoms with van der Waals surface area (Å²) in [5, 5.41) is 16.2. The van der Waals surface area contributed by atoms with Crippen LogP contribution in [0, 0.1) is 11.6 Å². The first-order chi connectivity index (χ1) is 8.66. The summed E-state index contributed by atoms with van der Waals surface area (Å²) in [4.78, 5) is 0. The number of nitrogens with zero attached hydrogens (tertiary/aromatic N) is 2. The van der Waals surface area contributed by atoms with E-state index in [-0.39, 0.29) is 18.8 Å². The molecule has 0 aliphatic carbocycles. The lowest BCUT2D eigenvalue weighted by molar-refractivity contribution is 0.161. The third kappa shape index (κ3) is 3.04. The van der Waals surface area contributed by atoms with Crippen LogP contribution in [0.5, 0.6) is 0 Å². The summed E-state index contributed by atoms with van der Waals surface area (Å²) in [6.07, 6.45) is 2.51. The molecule has 0 saturated heterocycles. The fourth-order valence-electron chi connectivity index (χ4n) is 1.58. The largest absolute Gasteiger partial charge is 0.389 e. The van der Waals surface area contributed by atoms with E-state index >= 15 is 0 Å². The monoisotopic (exact) mass is 253 g/mol. The van der Waals surface area contributed by atoms with Crippen LogP contribution in [0.4, 0.5) is 14.5 Å². The van der Waals surface area contributed by atoms with Crippen molar-refractivity contribution in [3.05, 3.63) is 48.3 Å². The van der Waals surface area contributed by atoms with Crippen LogP contribution in [0.2, 0.25) is 0 Å². The molecule has 0 aliphatic heterocycles. The standard InChI is InChI=1S/C12H13F2N3O/c13-10-3-1-4-11(14)12(10)15-7-9(18)8-17-6-2-5-16-17/h1-6,9,15,18H,7-8H2. The molecule has 96 valence electrons. The average Bonchev–Trinajstić information content (AvgIpc) is 2.81. The van der Waals surface area contributed by atoms with E-state index in [2.05, 4.69) is 10.4 Å². The highest BCUT2D eigenvalue weighted by Gasteiger charge is 2.10. The highest BCUT2D eigenvalue weighted by atomic mass is 19.1. The van der Waals surface area contributed by atoms with Gasteiger partial charge in [0.25, 0.3) is 0 Å². The summed E-state index contributed by atoms with van der Waals surface area (Å²) in [6, 6.07) is 5.34. The molecule has 2 rings (SSSR count). The van der Waals surface area contributed by atoms with Crippen LogP contribution in [0.1, 0.15) is 0 Å². The first-order valence-electron chi connectivity index (χ1n) is 5.50. The van der Waals surface area contributed by atoms with E-state index in [0.717, 1.165) is 12.1 Å². The van der Waals surface area contributed by atoms with Crippen molar-refractivity contribution < 1.29 is 13.9 Å². The smallest absolute Gasteiger partial charge is 0.149 e. The van der Waals surface area contributed by atoms with Crippen molar-refractivity contribution in [3.8, 4) is 0 Å². The minimum atomic E-state index is -0.788. The highest BCUT2D eigenvalue weighted by Crippen LogP contribution is 2.17. The molecule has 0 radical (unpaired) electrons. The van der Waals surface area contributed by atoms with Crippen molar-refractivity contribution in [2.75, 3.05) is 11.9 Å². The third-order valence-electron chi connectivity index (χ3n) is 2.43. The number of hydrogen-bond acceptors (Lipinski definition) is 3. The van der Waals surface area contributed by atoms with Crippen LogP contribution < -0.4 is 5.32 Å². The molecule has 1 heterocycles. The van der Waals surface area contributed by atoms with Crippen LogP contribution in [0.25, 0.3) is 0 Å². The molecule has 18 heavy (non-hydrogen) atoms. The Labute approximate surface area is 103 Å². The Morgan fingerprint density at radius 2 is 2.00 bits per heavy atom. The van der Waals surface area contributed by atoms with Crippen LogP contribution in [-0.2, 0) is 6.54 Å². The highest BCUT2D eigenvalue weighted by molar-refractivity contribution is 5.46. The van der Waals surface area contributed by atoms with E-state index in [9.17, 15) is 13.9 Å². The number of aliphatic hydroxyl groups excluding tert-OH is 1. The molecule has 4 nitrogen and oxygen atoms in total. The number of aromatic nitrogens is 2. The van der Waals surface area contributed by atoms with Crippen LogP contribution in [0.3, 0.4) is 0 Å². The number of rotatable bonds is 5. The average molecular weight is 253 g/mol. The molecule has 0 saturated carbocycles. The van der Waals surface area contributed by atoms with Gasteiger partial charge in [-0.1, -0.05) is 6.07 Å². The van der Waals surface area contributed by atoms with Gasteiger partial charge in [-0.2, -0.15) is 5.10 Å². The summed E-state index contributed by atoms with van der Waals surface area (Å²) in [7, 11) is 0. The van der Waals surface area contributed by atoms with Crippen LogP contribution in [-0.4, -0.2) is 27.5 Å². The Balaban J connectivity index is 1.91. The van der Waals surface area contributed by atoms with Crippen molar-refractivity contribution in [2.24, 2.45) is 0 Å². The zero-order chi connectivity index (χ0) is 13.0. The maximum Gasteiger partial charge on any atom is 0.149 e. The lowest BCUT2D eigenvalue weighted by Gasteiger charge is -2.13. The summed E-state index contributed by atoms with van der Waals surface area (Å²) < 4.78 is 28.1. The fraction of sp³-hybridized carbons (Fsp3) is 0.250. The third-order valence-corrected chi connectivity index (χ3v) is 2.43. The Morgan fingerprint density at radius 1 is 1.28 bits per heavy atom. The van der Waals surface area contributed by atoms with Gasteiger partial charge in [0.1, 0.15) is 17.3 Å². The quantitative estimate of drug-likeness (QED) is 0.851. The van der Waals surface area contributed by atoms with E-state index in [0.29, 0.717) is 0 Å². The normalized spacial score (nSPS) is 12.4. The van der Waals surface area contributed by atoms with E-state index in [4.69, 9.17) is 0 Å². The number of halogens is 2. The molecule has 1 unspecified atom stereocenters. The second-order valence-electron chi connectivity index (χ2n) is 3.86. The second kappa shape index (κ2) is 5.59. The van der Waals surface area contributed by atoms with Gasteiger partial charge < -0.3 is 10.4 Å². The SMILES string of the molecule is OC(CNc1c(F)cccc1F)Cn1cccn1. The molecule has 1 aromatic heterocycles. The molecular weight excluding hydrogens is 240 g/mol. The zero-order valence-electron chi connectivity index (χ0n) is 9.55. The van der Waals surface area contributed by atoms with Gasteiger partial charge in [0.05, 0.1) is 12.6 Å². The van der Waals surface area contributed by atoms with Gasteiger partial charge in [0, 0.05) is 18.9 Å². The van der Waals surface area contributed by atoms with Gasteiger partial charge in [-0.3, -0.25) is 4.68 Å².